The number of rotatable bonds is 3. The van der Waals surface area contributed by atoms with E-state index in [1.165, 1.54) is 38.8 Å². The zero-order valence-electron chi connectivity index (χ0n) is 8.19. The monoisotopic (exact) mass is 155 g/mol. The minimum Gasteiger partial charge on any atom is -0.298 e. The Hall–Kier alpha value is -0.0400. The van der Waals surface area contributed by atoms with Crippen molar-refractivity contribution in [2.24, 2.45) is 0 Å². The van der Waals surface area contributed by atoms with Gasteiger partial charge in [-0.2, -0.15) is 0 Å². The Labute approximate surface area is 70.8 Å². The highest BCUT2D eigenvalue weighted by Crippen LogP contribution is 2.31. The molecule has 1 fully saturated rings. The molecule has 1 nitrogen and oxygen atoms in total. The van der Waals surface area contributed by atoms with Crippen molar-refractivity contribution in [2.45, 2.75) is 52.0 Å². The van der Waals surface area contributed by atoms with Crippen LogP contribution in [0.25, 0.3) is 0 Å². The number of hydrogen-bond acceptors (Lipinski definition) is 1. The Morgan fingerprint density at radius 3 is 2.64 bits per heavy atom. The summed E-state index contributed by atoms with van der Waals surface area (Å²) in [6.07, 6.45) is 5.43. The molecule has 0 spiro atoms. The van der Waals surface area contributed by atoms with Gasteiger partial charge in [-0.3, -0.25) is 4.90 Å². The lowest BCUT2D eigenvalue weighted by molar-refractivity contribution is 0.151. The number of hydrogen-bond donors (Lipinski definition) is 0. The summed E-state index contributed by atoms with van der Waals surface area (Å²) < 4.78 is 0. The van der Waals surface area contributed by atoms with E-state index in [1.54, 1.807) is 0 Å². The molecule has 66 valence electrons. The van der Waals surface area contributed by atoms with Crippen molar-refractivity contribution in [1.82, 2.24) is 4.90 Å². The molecular weight excluding hydrogens is 134 g/mol. The highest BCUT2D eigenvalue weighted by Gasteiger charge is 2.33. The highest BCUT2D eigenvalue weighted by atomic mass is 15.2. The van der Waals surface area contributed by atoms with Crippen LogP contribution in [-0.4, -0.2) is 23.5 Å². The van der Waals surface area contributed by atoms with E-state index in [0.717, 1.165) is 0 Å². The van der Waals surface area contributed by atoms with E-state index in [1.807, 2.05) is 0 Å². The van der Waals surface area contributed by atoms with Crippen molar-refractivity contribution in [3.05, 3.63) is 0 Å². The van der Waals surface area contributed by atoms with Crippen LogP contribution >= 0.6 is 0 Å². The first-order valence-corrected chi connectivity index (χ1v) is 4.98. The molecule has 11 heavy (non-hydrogen) atoms. The summed E-state index contributed by atoms with van der Waals surface area (Å²) in [6, 6.07) is 0. The average Bonchev–Trinajstić information content (AvgIpc) is 2.35. The molecule has 0 saturated carbocycles. The summed E-state index contributed by atoms with van der Waals surface area (Å²) in [5.74, 6) is 0. The second-order valence-corrected chi connectivity index (χ2v) is 3.94. The second-order valence-electron chi connectivity index (χ2n) is 3.94. The molecule has 1 unspecified atom stereocenters. The molecule has 0 N–H and O–H groups in total. The van der Waals surface area contributed by atoms with Crippen LogP contribution in [0.15, 0.2) is 0 Å². The molecule has 1 atom stereocenters. The van der Waals surface area contributed by atoms with E-state index < -0.39 is 0 Å². The fraction of sp³-hybridized carbons (Fsp3) is 1.00. The van der Waals surface area contributed by atoms with Gasteiger partial charge in [0.2, 0.25) is 0 Å². The molecule has 0 aromatic rings. The predicted molar refractivity (Wildman–Crippen MR) is 49.8 cm³/mol. The summed E-state index contributed by atoms with van der Waals surface area (Å²) >= 11 is 0. The molecule has 1 aliphatic heterocycles. The molecule has 0 aromatic heterocycles. The van der Waals surface area contributed by atoms with Gasteiger partial charge in [0.05, 0.1) is 0 Å². The smallest absolute Gasteiger partial charge is 0.0179 e. The van der Waals surface area contributed by atoms with Gasteiger partial charge in [-0.1, -0.05) is 13.8 Å². The first-order valence-electron chi connectivity index (χ1n) is 4.98. The summed E-state index contributed by atoms with van der Waals surface area (Å²) in [7, 11) is 0. The third-order valence-corrected chi connectivity index (χ3v) is 3.16. The maximum atomic E-state index is 2.66. The van der Waals surface area contributed by atoms with Crippen molar-refractivity contribution < 1.29 is 0 Å². The normalized spacial score (nSPS) is 33.0. The fourth-order valence-electron chi connectivity index (χ4n) is 2.13. The lowest BCUT2D eigenvalue weighted by Gasteiger charge is -2.34. The summed E-state index contributed by atoms with van der Waals surface area (Å²) in [6.45, 7) is 9.63. The maximum Gasteiger partial charge on any atom is 0.0179 e. The van der Waals surface area contributed by atoms with Gasteiger partial charge < -0.3 is 0 Å². The SMILES string of the molecule is CCCN1CCCC1(C)CC. The van der Waals surface area contributed by atoms with Crippen molar-refractivity contribution in [2.75, 3.05) is 13.1 Å². The van der Waals surface area contributed by atoms with E-state index in [4.69, 9.17) is 0 Å². The van der Waals surface area contributed by atoms with Crippen LogP contribution in [0.3, 0.4) is 0 Å². The van der Waals surface area contributed by atoms with Crippen molar-refractivity contribution in [3.8, 4) is 0 Å². The predicted octanol–water partition coefficient (Wildman–Crippen LogP) is 2.66. The van der Waals surface area contributed by atoms with E-state index in [0.29, 0.717) is 5.54 Å². The van der Waals surface area contributed by atoms with E-state index in [9.17, 15) is 0 Å². The van der Waals surface area contributed by atoms with Crippen LogP contribution < -0.4 is 0 Å². The molecule has 0 radical (unpaired) electrons. The van der Waals surface area contributed by atoms with E-state index in [-0.39, 0.29) is 0 Å². The minimum absolute atomic E-state index is 0.538. The maximum absolute atomic E-state index is 2.66. The average molecular weight is 155 g/mol. The van der Waals surface area contributed by atoms with Gasteiger partial charge in [0.15, 0.2) is 0 Å². The van der Waals surface area contributed by atoms with Gasteiger partial charge >= 0.3 is 0 Å². The van der Waals surface area contributed by atoms with Crippen molar-refractivity contribution in [1.29, 1.82) is 0 Å². The third-order valence-electron chi connectivity index (χ3n) is 3.16. The van der Waals surface area contributed by atoms with Crippen molar-refractivity contribution in [3.63, 3.8) is 0 Å². The molecule has 1 saturated heterocycles. The molecule has 0 bridgehead atoms. The molecule has 0 aliphatic carbocycles. The zero-order valence-corrected chi connectivity index (χ0v) is 8.19. The van der Waals surface area contributed by atoms with Gasteiger partial charge in [-0.05, 0) is 45.7 Å². The first-order chi connectivity index (χ1) is 5.23. The van der Waals surface area contributed by atoms with Crippen LogP contribution in [0, 0.1) is 0 Å². The molecular formula is C10H21N. The topological polar surface area (TPSA) is 3.24 Å². The lowest BCUT2D eigenvalue weighted by atomic mass is 9.95. The summed E-state index contributed by atoms with van der Waals surface area (Å²) in [5.41, 5.74) is 0.538. The Bertz CT molecular complexity index is 122. The van der Waals surface area contributed by atoms with Gasteiger partial charge in [0, 0.05) is 5.54 Å². The van der Waals surface area contributed by atoms with Crippen LogP contribution in [0.1, 0.15) is 46.5 Å². The lowest BCUT2D eigenvalue weighted by Crippen LogP contribution is -2.40. The highest BCUT2D eigenvalue weighted by molar-refractivity contribution is 4.90. The van der Waals surface area contributed by atoms with Crippen LogP contribution in [0.2, 0.25) is 0 Å². The summed E-state index contributed by atoms with van der Waals surface area (Å²) in [4.78, 5) is 2.66. The van der Waals surface area contributed by atoms with Crippen molar-refractivity contribution >= 4 is 0 Å². The molecule has 1 heterocycles. The quantitative estimate of drug-likeness (QED) is 0.605. The van der Waals surface area contributed by atoms with Crippen LogP contribution in [0.4, 0.5) is 0 Å². The number of nitrogens with zero attached hydrogens (tertiary/aromatic N) is 1. The Morgan fingerprint density at radius 1 is 1.36 bits per heavy atom. The van der Waals surface area contributed by atoms with Crippen LogP contribution in [0.5, 0.6) is 0 Å². The second kappa shape index (κ2) is 3.57. The van der Waals surface area contributed by atoms with Gasteiger partial charge in [-0.25, -0.2) is 0 Å². The Kier molecular flexibility index (Phi) is 2.94. The molecule has 1 heteroatoms. The van der Waals surface area contributed by atoms with Gasteiger partial charge in [0.1, 0.15) is 0 Å². The largest absolute Gasteiger partial charge is 0.298 e. The Morgan fingerprint density at radius 2 is 2.09 bits per heavy atom. The third kappa shape index (κ3) is 1.76. The minimum atomic E-state index is 0.538. The Balaban J connectivity index is 2.49. The molecule has 0 aromatic carbocycles. The first kappa shape index (κ1) is 9.05. The van der Waals surface area contributed by atoms with E-state index in [2.05, 4.69) is 25.7 Å². The van der Waals surface area contributed by atoms with Crippen LogP contribution in [-0.2, 0) is 0 Å². The van der Waals surface area contributed by atoms with Gasteiger partial charge in [0.25, 0.3) is 0 Å². The summed E-state index contributed by atoms with van der Waals surface area (Å²) in [5, 5.41) is 0. The van der Waals surface area contributed by atoms with Gasteiger partial charge in [-0.15, -0.1) is 0 Å². The molecule has 0 amide bonds. The van der Waals surface area contributed by atoms with E-state index >= 15 is 0 Å². The zero-order chi connectivity index (χ0) is 8.32. The standard InChI is InChI=1S/C10H21N/c1-4-8-11-9-6-7-10(11,3)5-2/h4-9H2,1-3H3. The molecule has 1 aliphatic rings. The number of likely N-dealkylation sites (tertiary alicyclic amines) is 1. The molecule has 1 rings (SSSR count). The fourth-order valence-corrected chi connectivity index (χ4v) is 2.13.